The molecule has 0 radical (unpaired) electrons. The summed E-state index contributed by atoms with van der Waals surface area (Å²) in [5.74, 6) is 0. The number of benzene rings is 3. The van der Waals surface area contributed by atoms with Crippen LogP contribution in [0, 0.1) is 0 Å². The van der Waals surface area contributed by atoms with Crippen LogP contribution < -0.4 is 9.69 Å². The summed E-state index contributed by atoms with van der Waals surface area (Å²) in [5.41, 5.74) is 0. The molecule has 4 aromatic rings. The molecule has 4 rings (SSSR count). The Kier molecular flexibility index (Phi) is 2.91. The highest BCUT2D eigenvalue weighted by Gasteiger charge is 2.08. The first-order chi connectivity index (χ1) is 9.92. The van der Waals surface area contributed by atoms with Gasteiger partial charge in [-0.05, 0) is 42.7 Å². The Hall–Kier alpha value is -1.90. The maximum absolute atomic E-state index is 2.32. The van der Waals surface area contributed by atoms with E-state index in [1.54, 1.807) is 9.69 Å². The van der Waals surface area contributed by atoms with Crippen molar-refractivity contribution >= 4 is 52.1 Å². The van der Waals surface area contributed by atoms with Crippen LogP contribution in [0.15, 0.2) is 72.1 Å². The van der Waals surface area contributed by atoms with Crippen LogP contribution in [0.3, 0.4) is 0 Å². The molecule has 1 aromatic heterocycles. The van der Waals surface area contributed by atoms with E-state index in [9.17, 15) is 0 Å². The summed E-state index contributed by atoms with van der Waals surface area (Å²) in [4.78, 5) is 0. The summed E-state index contributed by atoms with van der Waals surface area (Å²) in [6.07, 6.45) is 0. The molecule has 0 aliphatic heterocycles. The van der Waals surface area contributed by atoms with Gasteiger partial charge in [0.25, 0.3) is 0 Å². The minimum absolute atomic E-state index is 0.417. The van der Waals surface area contributed by atoms with Crippen LogP contribution in [0.25, 0.3) is 21.5 Å². The van der Waals surface area contributed by atoms with Gasteiger partial charge in [-0.1, -0.05) is 60.7 Å². The number of hydrogen-bond acceptors (Lipinski definition) is 1. The van der Waals surface area contributed by atoms with Crippen LogP contribution >= 0.6 is 11.3 Å². The first-order valence-corrected chi connectivity index (χ1v) is 9.13. The molecule has 0 aliphatic carbocycles. The predicted molar refractivity (Wildman–Crippen MR) is 93.6 cm³/mol. The zero-order chi connectivity index (χ0) is 13.4. The van der Waals surface area contributed by atoms with E-state index < -0.39 is 9.52 Å². The van der Waals surface area contributed by atoms with Crippen molar-refractivity contribution in [2.45, 2.75) is 0 Å². The minimum Gasteiger partial charge on any atom is -0.154 e. The molecular weight excluding hydrogens is 276 g/mol. The average Bonchev–Trinajstić information content (AvgIpc) is 3.00. The third-order valence-electron chi connectivity index (χ3n) is 3.81. The van der Waals surface area contributed by atoms with Gasteiger partial charge in [0.1, 0.15) is 9.52 Å². The van der Waals surface area contributed by atoms with E-state index in [1.165, 1.54) is 21.5 Å². The van der Waals surface area contributed by atoms with Gasteiger partial charge in [-0.3, -0.25) is 0 Å². The monoisotopic (exact) mass is 290 g/mol. The molecule has 3 aromatic carbocycles. The van der Waals surface area contributed by atoms with Crippen LogP contribution in [0.1, 0.15) is 0 Å². The lowest BCUT2D eigenvalue weighted by atomic mass is 10.0. The van der Waals surface area contributed by atoms with Gasteiger partial charge >= 0.3 is 0 Å². The smallest absolute Gasteiger partial charge is 0.102 e. The van der Waals surface area contributed by atoms with Gasteiger partial charge < -0.3 is 0 Å². The molecule has 96 valence electrons. The first kappa shape index (κ1) is 11.9. The molecule has 0 saturated heterocycles. The third-order valence-corrected chi connectivity index (χ3v) is 7.18. The van der Waals surface area contributed by atoms with E-state index in [1.807, 2.05) is 11.3 Å². The molecule has 0 bridgehead atoms. The SMILES string of the molecule is c1csc([SiH2]c2c3ccccc3cc3ccccc23)c1. The van der Waals surface area contributed by atoms with Crippen molar-refractivity contribution in [2.24, 2.45) is 0 Å². The summed E-state index contributed by atoms with van der Waals surface area (Å²) in [5, 5.41) is 9.38. The van der Waals surface area contributed by atoms with Gasteiger partial charge in [-0.2, -0.15) is 11.3 Å². The van der Waals surface area contributed by atoms with Gasteiger partial charge in [0, 0.05) is 0 Å². The van der Waals surface area contributed by atoms with Gasteiger partial charge in [0.15, 0.2) is 0 Å². The van der Waals surface area contributed by atoms with Crippen molar-refractivity contribution in [3.63, 3.8) is 0 Å². The van der Waals surface area contributed by atoms with Crippen LogP contribution in [-0.4, -0.2) is 9.52 Å². The van der Waals surface area contributed by atoms with E-state index in [0.29, 0.717) is 0 Å². The van der Waals surface area contributed by atoms with Crippen molar-refractivity contribution < 1.29 is 0 Å². The summed E-state index contributed by atoms with van der Waals surface area (Å²) in [7, 11) is -0.417. The summed E-state index contributed by atoms with van der Waals surface area (Å²) in [6.45, 7) is 0. The van der Waals surface area contributed by atoms with E-state index in [4.69, 9.17) is 0 Å². The normalized spacial score (nSPS) is 11.8. The molecule has 0 N–H and O–H groups in total. The highest BCUT2D eigenvalue weighted by Crippen LogP contribution is 2.20. The van der Waals surface area contributed by atoms with E-state index >= 15 is 0 Å². The largest absolute Gasteiger partial charge is 0.154 e. The van der Waals surface area contributed by atoms with Gasteiger partial charge in [0.2, 0.25) is 0 Å². The standard InChI is InChI=1S/C18H14SSi/c1-3-8-15-13(6-1)12-14-7-2-4-9-16(14)18(15)20-17-10-5-11-19-17/h1-12H,20H2. The molecule has 1 heterocycles. The van der Waals surface area contributed by atoms with E-state index in [-0.39, 0.29) is 0 Å². The van der Waals surface area contributed by atoms with Crippen molar-refractivity contribution in [1.82, 2.24) is 0 Å². The average molecular weight is 290 g/mol. The van der Waals surface area contributed by atoms with Crippen molar-refractivity contribution in [2.75, 3.05) is 0 Å². The fourth-order valence-corrected chi connectivity index (χ4v) is 6.06. The number of rotatable bonds is 2. The Labute approximate surface area is 124 Å². The Bertz CT molecular complexity index is 824. The lowest BCUT2D eigenvalue weighted by Crippen LogP contribution is -2.26. The molecule has 0 atom stereocenters. The summed E-state index contributed by atoms with van der Waals surface area (Å²) < 4.78 is 1.56. The van der Waals surface area contributed by atoms with Gasteiger partial charge in [-0.15, -0.1) is 0 Å². The fourth-order valence-electron chi connectivity index (χ4n) is 2.89. The zero-order valence-electron chi connectivity index (χ0n) is 11.0. The number of thiophene rings is 1. The first-order valence-electron chi connectivity index (χ1n) is 6.83. The minimum atomic E-state index is -0.417. The molecular formula is C18H14SSi. The zero-order valence-corrected chi connectivity index (χ0v) is 13.3. The Morgan fingerprint density at radius 2 is 1.35 bits per heavy atom. The summed E-state index contributed by atoms with van der Waals surface area (Å²) in [6, 6.07) is 24.4. The highest BCUT2D eigenvalue weighted by molar-refractivity contribution is 7.21. The maximum atomic E-state index is 2.32. The number of fused-ring (bicyclic) bond motifs is 2. The van der Waals surface area contributed by atoms with Crippen molar-refractivity contribution in [1.29, 1.82) is 0 Å². The Balaban J connectivity index is 2.06. The predicted octanol–water partition coefficient (Wildman–Crippen LogP) is 3.17. The summed E-state index contributed by atoms with van der Waals surface area (Å²) >= 11 is 1.90. The number of hydrogen-bond donors (Lipinski definition) is 0. The second-order valence-electron chi connectivity index (χ2n) is 5.05. The Morgan fingerprint density at radius 3 is 1.95 bits per heavy atom. The van der Waals surface area contributed by atoms with E-state index in [2.05, 4.69) is 72.1 Å². The lowest BCUT2D eigenvalue weighted by molar-refractivity contribution is 1.78. The molecule has 0 fully saturated rings. The van der Waals surface area contributed by atoms with Crippen LogP contribution in [0.5, 0.6) is 0 Å². The highest BCUT2D eigenvalue weighted by atomic mass is 32.1. The van der Waals surface area contributed by atoms with Gasteiger partial charge in [-0.25, -0.2) is 0 Å². The van der Waals surface area contributed by atoms with Crippen LogP contribution in [0.2, 0.25) is 0 Å². The van der Waals surface area contributed by atoms with E-state index in [0.717, 1.165) is 0 Å². The topological polar surface area (TPSA) is 0 Å². The Morgan fingerprint density at radius 1 is 0.700 bits per heavy atom. The molecule has 0 unspecified atom stereocenters. The van der Waals surface area contributed by atoms with Crippen LogP contribution in [0.4, 0.5) is 0 Å². The molecule has 0 nitrogen and oxygen atoms in total. The fraction of sp³-hybridized carbons (Fsp3) is 0. The molecule has 2 heteroatoms. The third kappa shape index (κ3) is 1.98. The second kappa shape index (κ2) is 4.89. The molecule has 0 amide bonds. The second-order valence-corrected chi connectivity index (χ2v) is 8.42. The van der Waals surface area contributed by atoms with Gasteiger partial charge in [0.05, 0.1) is 0 Å². The van der Waals surface area contributed by atoms with Crippen molar-refractivity contribution in [3.8, 4) is 0 Å². The molecule has 0 saturated carbocycles. The van der Waals surface area contributed by atoms with Crippen LogP contribution in [-0.2, 0) is 0 Å². The molecule has 20 heavy (non-hydrogen) atoms. The van der Waals surface area contributed by atoms with Crippen molar-refractivity contribution in [3.05, 3.63) is 72.1 Å². The molecule has 0 aliphatic rings. The maximum Gasteiger partial charge on any atom is 0.102 e. The molecule has 0 spiro atoms. The lowest BCUT2D eigenvalue weighted by Gasteiger charge is -2.10. The quantitative estimate of drug-likeness (QED) is 0.393.